The van der Waals surface area contributed by atoms with E-state index in [2.05, 4.69) is 32.8 Å². The van der Waals surface area contributed by atoms with Gasteiger partial charge in [0.25, 0.3) is 0 Å². The molecule has 0 aliphatic carbocycles. The van der Waals surface area contributed by atoms with Crippen LogP contribution in [0.5, 0.6) is 0 Å². The van der Waals surface area contributed by atoms with Crippen LogP contribution in [0.3, 0.4) is 0 Å². The fourth-order valence-electron chi connectivity index (χ4n) is 4.13. The summed E-state index contributed by atoms with van der Waals surface area (Å²) in [7, 11) is 2.18. The fraction of sp³-hybridized carbons (Fsp3) is 0.650. The summed E-state index contributed by atoms with van der Waals surface area (Å²) in [5.74, 6) is 0.0653. The van der Waals surface area contributed by atoms with E-state index in [1.807, 2.05) is 24.0 Å². The molecule has 1 unspecified atom stereocenters. The number of nitrogens with two attached hydrogens (primary N) is 1. The van der Waals surface area contributed by atoms with E-state index >= 15 is 0 Å². The molecule has 2 N–H and O–H groups in total. The number of piperidine rings is 1. The molecule has 1 aromatic rings. The summed E-state index contributed by atoms with van der Waals surface area (Å²) >= 11 is 9.67. The monoisotopic (exact) mass is 456 g/mol. The molecule has 1 amide bonds. The molecule has 0 spiro atoms. The number of halogens is 2. The van der Waals surface area contributed by atoms with E-state index < -0.39 is 6.04 Å². The van der Waals surface area contributed by atoms with Gasteiger partial charge in [0.15, 0.2) is 0 Å². The Bertz CT molecular complexity index is 647. The third kappa shape index (κ3) is 5.24. The SMILES string of the molecule is Cc1cc(CC(N)C(=O)N2CCC(N3CCN(C)CC3)CC2)cc(Br)c1Cl. The first-order valence-electron chi connectivity index (χ1n) is 9.76. The predicted molar refractivity (Wildman–Crippen MR) is 114 cm³/mol. The van der Waals surface area contributed by atoms with Gasteiger partial charge in [-0.15, -0.1) is 0 Å². The molecule has 2 fully saturated rings. The molecular formula is C20H30BrClN4O. The largest absolute Gasteiger partial charge is 0.341 e. The fourth-order valence-corrected chi connectivity index (χ4v) is 4.85. The van der Waals surface area contributed by atoms with Gasteiger partial charge in [0.05, 0.1) is 11.1 Å². The standard InChI is InChI=1S/C20H30BrClN4O/c1-14-11-15(12-17(21)19(14)22)13-18(23)20(27)26-5-3-16(4-6-26)25-9-7-24(2)8-10-25/h11-12,16,18H,3-10,13,23H2,1-2H3. The van der Waals surface area contributed by atoms with E-state index in [4.69, 9.17) is 17.3 Å². The third-order valence-electron chi connectivity index (χ3n) is 5.87. The Kier molecular flexibility index (Phi) is 7.20. The molecule has 0 bridgehead atoms. The van der Waals surface area contributed by atoms with Crippen molar-refractivity contribution in [3.63, 3.8) is 0 Å². The van der Waals surface area contributed by atoms with Gasteiger partial charge in [0.1, 0.15) is 0 Å². The zero-order valence-corrected chi connectivity index (χ0v) is 18.6. The van der Waals surface area contributed by atoms with E-state index in [0.29, 0.717) is 17.5 Å². The number of carbonyl (C=O) groups is 1. The molecule has 150 valence electrons. The summed E-state index contributed by atoms with van der Waals surface area (Å²) < 4.78 is 0.854. The molecule has 2 heterocycles. The number of amides is 1. The van der Waals surface area contributed by atoms with Crippen LogP contribution in [0.15, 0.2) is 16.6 Å². The number of nitrogens with zero attached hydrogens (tertiary/aromatic N) is 3. The number of piperazine rings is 1. The van der Waals surface area contributed by atoms with E-state index in [1.54, 1.807) is 0 Å². The van der Waals surface area contributed by atoms with Crippen molar-refractivity contribution < 1.29 is 4.79 Å². The maximum Gasteiger partial charge on any atom is 0.239 e. The first-order valence-corrected chi connectivity index (χ1v) is 10.9. The van der Waals surface area contributed by atoms with Crippen molar-refractivity contribution in [2.45, 2.75) is 38.3 Å². The number of hydrogen-bond acceptors (Lipinski definition) is 4. The zero-order valence-electron chi connectivity index (χ0n) is 16.3. The summed E-state index contributed by atoms with van der Waals surface area (Å²) in [6.07, 6.45) is 2.63. The number of hydrogen-bond donors (Lipinski definition) is 1. The van der Waals surface area contributed by atoms with Crippen molar-refractivity contribution in [1.29, 1.82) is 0 Å². The molecule has 0 saturated carbocycles. The van der Waals surface area contributed by atoms with Gasteiger partial charge in [-0.05, 0) is 66.4 Å². The van der Waals surface area contributed by atoms with Gasteiger partial charge < -0.3 is 15.5 Å². The van der Waals surface area contributed by atoms with Gasteiger partial charge in [-0.1, -0.05) is 17.7 Å². The summed E-state index contributed by atoms with van der Waals surface area (Å²) in [6, 6.07) is 4.08. The van der Waals surface area contributed by atoms with Crippen LogP contribution in [0.25, 0.3) is 0 Å². The average molecular weight is 458 g/mol. The second-order valence-corrected chi connectivity index (χ2v) is 9.15. The lowest BCUT2D eigenvalue weighted by molar-refractivity contribution is -0.134. The van der Waals surface area contributed by atoms with E-state index in [0.717, 1.165) is 67.7 Å². The maximum atomic E-state index is 12.8. The third-order valence-corrected chi connectivity index (χ3v) is 7.23. The van der Waals surface area contributed by atoms with Gasteiger partial charge in [-0.3, -0.25) is 9.69 Å². The van der Waals surface area contributed by atoms with Gasteiger partial charge in [0, 0.05) is 49.8 Å². The smallest absolute Gasteiger partial charge is 0.239 e. The Morgan fingerprint density at radius 1 is 1.22 bits per heavy atom. The van der Waals surface area contributed by atoms with E-state index in [1.165, 1.54) is 0 Å². The minimum atomic E-state index is -0.502. The summed E-state index contributed by atoms with van der Waals surface area (Å²) in [5, 5.41) is 0.713. The normalized spacial score (nSPS) is 21.4. The van der Waals surface area contributed by atoms with Gasteiger partial charge in [0.2, 0.25) is 5.91 Å². The van der Waals surface area contributed by atoms with E-state index in [9.17, 15) is 4.79 Å². The first-order chi connectivity index (χ1) is 12.8. The number of aryl methyl sites for hydroxylation is 1. The second kappa shape index (κ2) is 9.23. The highest BCUT2D eigenvalue weighted by Crippen LogP contribution is 2.28. The van der Waals surface area contributed by atoms with Crippen LogP contribution < -0.4 is 5.73 Å². The maximum absolute atomic E-state index is 12.8. The average Bonchev–Trinajstić information content (AvgIpc) is 2.66. The van der Waals surface area contributed by atoms with Crippen molar-refractivity contribution in [1.82, 2.24) is 14.7 Å². The highest BCUT2D eigenvalue weighted by atomic mass is 79.9. The molecule has 3 rings (SSSR count). The van der Waals surface area contributed by atoms with Crippen molar-refractivity contribution in [2.24, 2.45) is 5.73 Å². The predicted octanol–water partition coefficient (Wildman–Crippen LogP) is 2.52. The van der Waals surface area contributed by atoms with Crippen molar-refractivity contribution >= 4 is 33.4 Å². The molecule has 2 aliphatic heterocycles. The number of likely N-dealkylation sites (tertiary alicyclic amines) is 1. The molecule has 2 saturated heterocycles. The lowest BCUT2D eigenvalue weighted by atomic mass is 9.99. The lowest BCUT2D eigenvalue weighted by Crippen LogP contribution is -2.54. The van der Waals surface area contributed by atoms with Crippen LogP contribution in [0.1, 0.15) is 24.0 Å². The Morgan fingerprint density at radius 2 is 1.85 bits per heavy atom. The quantitative estimate of drug-likeness (QED) is 0.755. The molecule has 27 heavy (non-hydrogen) atoms. The number of likely N-dealkylation sites (N-methyl/N-ethyl adjacent to an activating group) is 1. The molecule has 0 aromatic heterocycles. The van der Waals surface area contributed by atoms with Crippen LogP contribution >= 0.6 is 27.5 Å². The molecule has 1 atom stereocenters. The van der Waals surface area contributed by atoms with Gasteiger partial charge in [-0.25, -0.2) is 0 Å². The summed E-state index contributed by atoms with van der Waals surface area (Å²) in [6.45, 7) is 8.14. The molecule has 7 heteroatoms. The van der Waals surface area contributed by atoms with Gasteiger partial charge >= 0.3 is 0 Å². The van der Waals surface area contributed by atoms with Crippen LogP contribution in [-0.4, -0.2) is 79.0 Å². The highest BCUT2D eigenvalue weighted by molar-refractivity contribution is 9.10. The minimum absolute atomic E-state index is 0.0653. The van der Waals surface area contributed by atoms with Gasteiger partial charge in [-0.2, -0.15) is 0 Å². The molecule has 5 nitrogen and oxygen atoms in total. The lowest BCUT2D eigenvalue weighted by Gasteiger charge is -2.42. The minimum Gasteiger partial charge on any atom is -0.341 e. The number of rotatable bonds is 4. The Morgan fingerprint density at radius 3 is 2.44 bits per heavy atom. The van der Waals surface area contributed by atoms with E-state index in [-0.39, 0.29) is 5.91 Å². The summed E-state index contributed by atoms with van der Waals surface area (Å²) in [5.41, 5.74) is 8.29. The first kappa shape index (κ1) is 21.1. The van der Waals surface area contributed by atoms with Crippen LogP contribution in [0.4, 0.5) is 0 Å². The molecule has 1 aromatic carbocycles. The van der Waals surface area contributed by atoms with Crippen molar-refractivity contribution in [3.8, 4) is 0 Å². The Hall–Kier alpha value is -0.660. The highest BCUT2D eigenvalue weighted by Gasteiger charge is 2.30. The molecule has 0 radical (unpaired) electrons. The second-order valence-electron chi connectivity index (χ2n) is 7.91. The van der Waals surface area contributed by atoms with Crippen LogP contribution in [0, 0.1) is 6.92 Å². The number of benzene rings is 1. The molecular weight excluding hydrogens is 428 g/mol. The Labute approximate surface area is 175 Å². The zero-order chi connectivity index (χ0) is 19.6. The Balaban J connectivity index is 1.51. The van der Waals surface area contributed by atoms with Crippen molar-refractivity contribution in [2.75, 3.05) is 46.3 Å². The van der Waals surface area contributed by atoms with Crippen LogP contribution in [-0.2, 0) is 11.2 Å². The topological polar surface area (TPSA) is 52.8 Å². The van der Waals surface area contributed by atoms with Crippen LogP contribution in [0.2, 0.25) is 5.02 Å². The summed E-state index contributed by atoms with van der Waals surface area (Å²) in [4.78, 5) is 19.7. The molecule has 2 aliphatic rings. The number of carbonyl (C=O) groups excluding carboxylic acids is 1. The van der Waals surface area contributed by atoms with Crippen molar-refractivity contribution in [3.05, 3.63) is 32.8 Å².